The lowest BCUT2D eigenvalue weighted by molar-refractivity contribution is -0.142. The summed E-state index contributed by atoms with van der Waals surface area (Å²) >= 11 is 0. The van der Waals surface area contributed by atoms with Crippen LogP contribution < -0.4 is 11.1 Å². The minimum atomic E-state index is -0.600. The van der Waals surface area contributed by atoms with Gasteiger partial charge in [-0.3, -0.25) is 9.69 Å². The number of hydrogen-bond acceptors (Lipinski definition) is 5. The molecule has 0 radical (unpaired) electrons. The molecule has 3 N–H and O–H groups in total. The van der Waals surface area contributed by atoms with Crippen LogP contribution in [-0.4, -0.2) is 48.5 Å². The maximum atomic E-state index is 12.7. The van der Waals surface area contributed by atoms with Crippen molar-refractivity contribution in [2.45, 2.75) is 57.2 Å². The van der Waals surface area contributed by atoms with Crippen molar-refractivity contribution in [2.24, 2.45) is 11.1 Å². The summed E-state index contributed by atoms with van der Waals surface area (Å²) in [4.78, 5) is 27.5. The highest BCUT2D eigenvalue weighted by Gasteiger charge is 2.56. The Labute approximate surface area is 160 Å². The number of esters is 1. The zero-order valence-corrected chi connectivity index (χ0v) is 16.2. The lowest BCUT2D eigenvalue weighted by Gasteiger charge is -2.52. The van der Waals surface area contributed by atoms with Crippen LogP contribution in [0.4, 0.5) is 0 Å². The fourth-order valence-corrected chi connectivity index (χ4v) is 5.41. The summed E-state index contributed by atoms with van der Waals surface area (Å²) in [5.41, 5.74) is 6.44. The number of piperazine rings is 1. The van der Waals surface area contributed by atoms with Gasteiger partial charge >= 0.3 is 5.97 Å². The molecule has 3 aliphatic rings. The number of rotatable bonds is 3. The molecule has 0 bridgehead atoms. The molecule has 1 spiro atoms. The van der Waals surface area contributed by atoms with Gasteiger partial charge in [0.05, 0.1) is 11.0 Å². The van der Waals surface area contributed by atoms with Crippen LogP contribution in [0.1, 0.15) is 55.5 Å². The number of fused-ring (bicyclic) bond motifs is 2. The number of ether oxygens (including phenoxy) is 1. The van der Waals surface area contributed by atoms with Crippen LogP contribution in [0.15, 0.2) is 24.3 Å². The van der Waals surface area contributed by atoms with Gasteiger partial charge in [-0.05, 0) is 45.6 Å². The van der Waals surface area contributed by atoms with E-state index in [0.717, 1.165) is 25.2 Å². The van der Waals surface area contributed by atoms with Gasteiger partial charge in [0.2, 0.25) is 5.91 Å². The quantitative estimate of drug-likeness (QED) is 0.791. The van der Waals surface area contributed by atoms with E-state index in [9.17, 15) is 9.59 Å². The molecule has 6 heteroatoms. The molecule has 0 unspecified atom stereocenters. The Hall–Kier alpha value is -1.92. The monoisotopic (exact) mass is 371 g/mol. The van der Waals surface area contributed by atoms with E-state index in [1.807, 2.05) is 24.3 Å². The Balaban J connectivity index is 1.64. The minimum Gasteiger partial charge on any atom is -0.451 e. The Morgan fingerprint density at radius 3 is 2.63 bits per heavy atom. The van der Waals surface area contributed by atoms with E-state index < -0.39 is 11.0 Å². The molecule has 146 valence electrons. The first-order valence-corrected chi connectivity index (χ1v) is 9.99. The molecule has 1 atom stereocenters. The summed E-state index contributed by atoms with van der Waals surface area (Å²) in [5.74, 6) is -0.477. The largest absolute Gasteiger partial charge is 0.451 e. The van der Waals surface area contributed by atoms with Crippen molar-refractivity contribution in [3.05, 3.63) is 35.4 Å². The Morgan fingerprint density at radius 1 is 1.26 bits per heavy atom. The highest BCUT2D eigenvalue weighted by Crippen LogP contribution is 2.53. The van der Waals surface area contributed by atoms with Crippen molar-refractivity contribution in [3.8, 4) is 0 Å². The lowest BCUT2D eigenvalue weighted by atomic mass is 9.62. The number of primary amides is 1. The first-order chi connectivity index (χ1) is 12.9. The van der Waals surface area contributed by atoms with E-state index in [0.29, 0.717) is 37.3 Å². The third-order valence-corrected chi connectivity index (χ3v) is 6.95. The van der Waals surface area contributed by atoms with Crippen LogP contribution in [0.3, 0.4) is 0 Å². The van der Waals surface area contributed by atoms with E-state index in [-0.39, 0.29) is 17.9 Å². The molecular formula is C21H29N3O3. The van der Waals surface area contributed by atoms with Crippen molar-refractivity contribution in [1.82, 2.24) is 10.2 Å². The summed E-state index contributed by atoms with van der Waals surface area (Å²) < 4.78 is 5.87. The van der Waals surface area contributed by atoms with E-state index in [2.05, 4.69) is 24.1 Å². The zero-order valence-electron chi connectivity index (χ0n) is 16.2. The molecule has 1 saturated heterocycles. The molecular weight excluding hydrogens is 342 g/mol. The first kappa shape index (κ1) is 18.4. The van der Waals surface area contributed by atoms with Crippen molar-refractivity contribution >= 4 is 11.9 Å². The second-order valence-electron chi connectivity index (χ2n) is 8.50. The summed E-state index contributed by atoms with van der Waals surface area (Å²) in [6, 6.07) is 8.06. The fraction of sp³-hybridized carbons (Fsp3) is 0.619. The second kappa shape index (κ2) is 6.60. The van der Waals surface area contributed by atoms with E-state index in [1.165, 1.54) is 0 Å². The van der Waals surface area contributed by atoms with E-state index in [1.54, 1.807) is 0 Å². The smallest absolute Gasteiger partial charge is 0.339 e. The standard InChI is InChI=1S/C21H29N3O3/c1-14(2)24-12-11-23-13-17(24)20(19(22)26)7-9-21(10-8-20)16-6-4-3-5-15(16)18(25)27-21/h3-6,14,17,23H,7-13H2,1-2H3,(H2,22,26)/t17-,20?,21?/m1/s1. The topological polar surface area (TPSA) is 84.7 Å². The predicted octanol–water partition coefficient (Wildman–Crippen LogP) is 1.78. The summed E-state index contributed by atoms with van der Waals surface area (Å²) in [5, 5.41) is 3.45. The number of benzene rings is 1. The number of carbonyl (C=O) groups is 2. The van der Waals surface area contributed by atoms with Gasteiger partial charge in [0.15, 0.2) is 0 Å². The van der Waals surface area contributed by atoms with Gasteiger partial charge in [0.25, 0.3) is 0 Å². The second-order valence-corrected chi connectivity index (χ2v) is 8.50. The van der Waals surface area contributed by atoms with Gasteiger partial charge in [0.1, 0.15) is 5.60 Å². The SMILES string of the molecule is CC(C)N1CCNC[C@@H]1C1(C(N)=O)CCC2(CC1)OC(=O)c1ccccc12. The molecule has 4 rings (SSSR count). The van der Waals surface area contributed by atoms with Crippen LogP contribution in [0.25, 0.3) is 0 Å². The van der Waals surface area contributed by atoms with Crippen LogP contribution in [0.2, 0.25) is 0 Å². The minimum absolute atomic E-state index is 0.0773. The van der Waals surface area contributed by atoms with Gasteiger partial charge in [-0.1, -0.05) is 18.2 Å². The number of nitrogens with zero attached hydrogens (tertiary/aromatic N) is 1. The maximum Gasteiger partial charge on any atom is 0.339 e. The molecule has 2 aliphatic heterocycles. The number of hydrogen-bond donors (Lipinski definition) is 2. The predicted molar refractivity (Wildman–Crippen MR) is 102 cm³/mol. The van der Waals surface area contributed by atoms with Crippen LogP contribution in [0, 0.1) is 5.41 Å². The highest BCUT2D eigenvalue weighted by atomic mass is 16.6. The van der Waals surface area contributed by atoms with E-state index >= 15 is 0 Å². The summed E-state index contributed by atoms with van der Waals surface area (Å²) in [6.45, 7) is 6.96. The highest BCUT2D eigenvalue weighted by molar-refractivity contribution is 5.94. The van der Waals surface area contributed by atoms with Crippen molar-refractivity contribution in [2.75, 3.05) is 19.6 Å². The number of carbonyl (C=O) groups excluding carboxylic acids is 2. The van der Waals surface area contributed by atoms with Gasteiger partial charge < -0.3 is 15.8 Å². The maximum absolute atomic E-state index is 12.7. The molecule has 2 heterocycles. The number of nitrogens with two attached hydrogens (primary N) is 1. The molecule has 1 amide bonds. The van der Waals surface area contributed by atoms with Crippen molar-refractivity contribution < 1.29 is 14.3 Å². The molecule has 0 aromatic heterocycles. The lowest BCUT2D eigenvalue weighted by Crippen LogP contribution is -2.65. The Bertz CT molecular complexity index is 753. The summed E-state index contributed by atoms with van der Waals surface area (Å²) in [6.07, 6.45) is 2.56. The third kappa shape index (κ3) is 2.77. The van der Waals surface area contributed by atoms with Crippen molar-refractivity contribution in [1.29, 1.82) is 0 Å². The molecule has 2 fully saturated rings. The number of amides is 1. The fourth-order valence-electron chi connectivity index (χ4n) is 5.41. The zero-order chi connectivity index (χ0) is 19.2. The van der Waals surface area contributed by atoms with Crippen LogP contribution >= 0.6 is 0 Å². The average molecular weight is 371 g/mol. The van der Waals surface area contributed by atoms with Gasteiger partial charge in [-0.25, -0.2) is 4.79 Å². The molecule has 6 nitrogen and oxygen atoms in total. The number of nitrogens with one attached hydrogen (secondary N) is 1. The Morgan fingerprint density at radius 2 is 1.96 bits per heavy atom. The van der Waals surface area contributed by atoms with Gasteiger partial charge in [0, 0.05) is 37.3 Å². The average Bonchev–Trinajstić information content (AvgIpc) is 2.95. The molecule has 27 heavy (non-hydrogen) atoms. The van der Waals surface area contributed by atoms with Crippen LogP contribution in [-0.2, 0) is 15.1 Å². The molecule has 1 aromatic rings. The first-order valence-electron chi connectivity index (χ1n) is 9.99. The van der Waals surface area contributed by atoms with E-state index in [4.69, 9.17) is 10.5 Å². The molecule has 1 saturated carbocycles. The summed E-state index contributed by atoms with van der Waals surface area (Å²) in [7, 11) is 0. The van der Waals surface area contributed by atoms with Gasteiger partial charge in [-0.2, -0.15) is 0 Å². The Kier molecular flexibility index (Phi) is 4.51. The third-order valence-electron chi connectivity index (χ3n) is 6.95. The molecule has 1 aliphatic carbocycles. The normalized spacial score (nSPS) is 33.9. The van der Waals surface area contributed by atoms with Crippen LogP contribution in [0.5, 0.6) is 0 Å². The van der Waals surface area contributed by atoms with Gasteiger partial charge in [-0.15, -0.1) is 0 Å². The van der Waals surface area contributed by atoms with Crippen molar-refractivity contribution in [3.63, 3.8) is 0 Å². The molecule has 1 aromatic carbocycles.